The number of hydrogen-bond donors (Lipinski definition) is 2. The summed E-state index contributed by atoms with van der Waals surface area (Å²) in [6.45, 7) is 4.74. The zero-order valence-electron chi connectivity index (χ0n) is 16.4. The first-order valence-electron chi connectivity index (χ1n) is 9.95. The van der Waals surface area contributed by atoms with Crippen molar-refractivity contribution in [1.29, 1.82) is 0 Å². The second kappa shape index (κ2) is 9.66. The molecule has 1 amide bonds. The van der Waals surface area contributed by atoms with Gasteiger partial charge in [-0.15, -0.1) is 0 Å². The van der Waals surface area contributed by atoms with Gasteiger partial charge in [-0.3, -0.25) is 9.59 Å². The Balaban J connectivity index is 1.85. The minimum absolute atomic E-state index is 0.146. The molecule has 0 spiro atoms. The van der Waals surface area contributed by atoms with Crippen molar-refractivity contribution in [2.24, 2.45) is 5.92 Å². The number of nitrogens with zero attached hydrogens (tertiary/aromatic N) is 2. The first-order valence-corrected chi connectivity index (χ1v) is 9.95. The Morgan fingerprint density at radius 1 is 1.29 bits per heavy atom. The van der Waals surface area contributed by atoms with Crippen LogP contribution in [0.15, 0.2) is 47.4 Å². The van der Waals surface area contributed by atoms with Crippen molar-refractivity contribution in [2.45, 2.75) is 32.9 Å². The van der Waals surface area contributed by atoms with Crippen LogP contribution in [-0.4, -0.2) is 46.7 Å². The van der Waals surface area contributed by atoms with Gasteiger partial charge in [0.1, 0.15) is 5.56 Å². The van der Waals surface area contributed by atoms with Crippen molar-refractivity contribution < 1.29 is 9.90 Å². The fourth-order valence-electron chi connectivity index (χ4n) is 3.76. The van der Waals surface area contributed by atoms with Crippen molar-refractivity contribution >= 4 is 5.91 Å². The number of hydrogen-bond acceptors (Lipinski definition) is 4. The third-order valence-electron chi connectivity index (χ3n) is 5.31. The summed E-state index contributed by atoms with van der Waals surface area (Å²) in [6.07, 6.45) is 3.98. The Bertz CT molecular complexity index is 842. The Hall–Kier alpha value is -2.44. The number of benzene rings is 1. The summed E-state index contributed by atoms with van der Waals surface area (Å²) in [5.74, 6) is 0.0755. The molecule has 0 radical (unpaired) electrons. The molecule has 0 saturated carbocycles. The van der Waals surface area contributed by atoms with Gasteiger partial charge in [-0.25, -0.2) is 0 Å². The van der Waals surface area contributed by atoms with Crippen LogP contribution in [0.5, 0.6) is 0 Å². The van der Waals surface area contributed by atoms with Gasteiger partial charge in [0.15, 0.2) is 0 Å². The maximum atomic E-state index is 13.2. The molecule has 1 atom stereocenters. The second-order valence-electron chi connectivity index (χ2n) is 7.48. The van der Waals surface area contributed by atoms with Crippen LogP contribution in [0.25, 0.3) is 0 Å². The molecule has 1 saturated heterocycles. The molecule has 1 fully saturated rings. The summed E-state index contributed by atoms with van der Waals surface area (Å²) < 4.78 is 1.66. The molecule has 0 bridgehead atoms. The number of aromatic nitrogens is 1. The third kappa shape index (κ3) is 4.88. The minimum atomic E-state index is -0.323. The van der Waals surface area contributed by atoms with Gasteiger partial charge in [-0.05, 0) is 56.0 Å². The maximum Gasteiger partial charge on any atom is 0.263 e. The average Bonchev–Trinajstić information content (AvgIpc) is 2.71. The molecule has 1 aliphatic heterocycles. The van der Waals surface area contributed by atoms with Gasteiger partial charge in [0.2, 0.25) is 0 Å². The molecule has 6 heteroatoms. The van der Waals surface area contributed by atoms with Gasteiger partial charge >= 0.3 is 0 Å². The van der Waals surface area contributed by atoms with Gasteiger partial charge in [0, 0.05) is 25.8 Å². The summed E-state index contributed by atoms with van der Waals surface area (Å²) in [5.41, 5.74) is 1.60. The zero-order valence-corrected chi connectivity index (χ0v) is 16.4. The Labute approximate surface area is 165 Å². The molecule has 2 N–H and O–H groups in total. The summed E-state index contributed by atoms with van der Waals surface area (Å²) in [7, 11) is 0. The molecular weight excluding hydrogens is 354 g/mol. The number of aliphatic hydroxyl groups is 1. The topological polar surface area (TPSA) is 74.6 Å². The van der Waals surface area contributed by atoms with Crippen molar-refractivity contribution in [3.05, 3.63) is 69.6 Å². The zero-order chi connectivity index (χ0) is 19.9. The second-order valence-corrected chi connectivity index (χ2v) is 7.48. The third-order valence-corrected chi connectivity index (χ3v) is 5.31. The average molecular weight is 383 g/mol. The number of amides is 1. The van der Waals surface area contributed by atoms with Crippen LogP contribution < -0.4 is 10.9 Å². The van der Waals surface area contributed by atoms with Crippen LogP contribution in [-0.2, 0) is 13.1 Å². The van der Waals surface area contributed by atoms with E-state index in [0.29, 0.717) is 24.6 Å². The lowest BCUT2D eigenvalue weighted by atomic mass is 9.99. The van der Waals surface area contributed by atoms with Crippen LogP contribution in [0.4, 0.5) is 0 Å². The Kier molecular flexibility index (Phi) is 7.01. The molecule has 1 aromatic carbocycles. The van der Waals surface area contributed by atoms with Crippen LogP contribution >= 0.6 is 0 Å². The summed E-state index contributed by atoms with van der Waals surface area (Å²) >= 11 is 0. The number of aliphatic hydroxyl groups excluding tert-OH is 1. The number of aryl methyl sites for hydroxylation is 1. The van der Waals surface area contributed by atoms with Gasteiger partial charge in [0.25, 0.3) is 11.5 Å². The SMILES string of the molecule is Cc1ccn(CC2CCCNC2)c(=O)c1C(=O)N(CCO)Cc1ccccc1. The van der Waals surface area contributed by atoms with E-state index in [4.69, 9.17) is 0 Å². The van der Waals surface area contributed by atoms with Gasteiger partial charge in [-0.1, -0.05) is 30.3 Å². The summed E-state index contributed by atoms with van der Waals surface area (Å²) in [5, 5.41) is 12.8. The number of nitrogens with one attached hydrogen (secondary N) is 1. The maximum absolute atomic E-state index is 13.2. The van der Waals surface area contributed by atoms with E-state index in [2.05, 4.69) is 5.32 Å². The molecule has 2 heterocycles. The molecule has 150 valence electrons. The molecule has 28 heavy (non-hydrogen) atoms. The highest BCUT2D eigenvalue weighted by molar-refractivity contribution is 5.95. The molecule has 1 aromatic heterocycles. The number of pyridine rings is 1. The minimum Gasteiger partial charge on any atom is -0.395 e. The fraction of sp³-hybridized carbons (Fsp3) is 0.455. The van der Waals surface area contributed by atoms with Gasteiger partial charge in [-0.2, -0.15) is 0 Å². The normalized spacial score (nSPS) is 16.7. The lowest BCUT2D eigenvalue weighted by molar-refractivity contribution is 0.0704. The Morgan fingerprint density at radius 3 is 2.75 bits per heavy atom. The van der Waals surface area contributed by atoms with Crippen LogP contribution in [0.2, 0.25) is 0 Å². The summed E-state index contributed by atoms with van der Waals surface area (Å²) in [4.78, 5) is 27.9. The fourth-order valence-corrected chi connectivity index (χ4v) is 3.76. The van der Waals surface area contributed by atoms with E-state index in [0.717, 1.165) is 31.5 Å². The van der Waals surface area contributed by atoms with E-state index >= 15 is 0 Å². The monoisotopic (exact) mass is 383 g/mol. The molecular formula is C22H29N3O3. The van der Waals surface area contributed by atoms with E-state index in [1.807, 2.05) is 36.4 Å². The molecule has 1 unspecified atom stereocenters. The number of piperidine rings is 1. The van der Waals surface area contributed by atoms with Crippen molar-refractivity contribution in [3.8, 4) is 0 Å². The molecule has 3 rings (SSSR count). The predicted molar refractivity (Wildman–Crippen MR) is 109 cm³/mol. The van der Waals surface area contributed by atoms with Crippen LogP contribution in [0.1, 0.15) is 34.3 Å². The number of carbonyl (C=O) groups is 1. The highest BCUT2D eigenvalue weighted by Crippen LogP contribution is 2.14. The summed E-state index contributed by atoms with van der Waals surface area (Å²) in [6, 6.07) is 11.5. The standard InChI is InChI=1S/C22H29N3O3/c1-17-9-11-24(16-19-8-5-10-23-14-19)21(27)20(17)22(28)25(12-13-26)15-18-6-3-2-4-7-18/h2-4,6-7,9,11,19,23,26H,5,8,10,12-16H2,1H3. The molecule has 0 aliphatic carbocycles. The molecule has 1 aliphatic rings. The van der Waals surface area contributed by atoms with Crippen LogP contribution in [0, 0.1) is 12.8 Å². The lowest BCUT2D eigenvalue weighted by Gasteiger charge is -2.25. The molecule has 6 nitrogen and oxygen atoms in total. The smallest absolute Gasteiger partial charge is 0.263 e. The first-order chi connectivity index (χ1) is 13.6. The van der Waals surface area contributed by atoms with E-state index in [-0.39, 0.29) is 30.2 Å². The highest BCUT2D eigenvalue weighted by atomic mass is 16.3. The van der Waals surface area contributed by atoms with Crippen molar-refractivity contribution in [1.82, 2.24) is 14.8 Å². The first kappa shape index (κ1) is 20.3. The van der Waals surface area contributed by atoms with Gasteiger partial charge in [0.05, 0.1) is 6.61 Å². The molecule has 2 aromatic rings. The predicted octanol–water partition coefficient (Wildman–Crippen LogP) is 1.79. The lowest BCUT2D eigenvalue weighted by Crippen LogP contribution is -2.40. The van der Waals surface area contributed by atoms with Gasteiger partial charge < -0.3 is 19.9 Å². The highest BCUT2D eigenvalue weighted by Gasteiger charge is 2.23. The number of carbonyl (C=O) groups excluding carboxylic acids is 1. The van der Waals surface area contributed by atoms with Crippen molar-refractivity contribution in [2.75, 3.05) is 26.2 Å². The van der Waals surface area contributed by atoms with E-state index in [1.165, 1.54) is 0 Å². The van der Waals surface area contributed by atoms with E-state index in [1.54, 1.807) is 22.6 Å². The van der Waals surface area contributed by atoms with E-state index < -0.39 is 0 Å². The largest absolute Gasteiger partial charge is 0.395 e. The van der Waals surface area contributed by atoms with Crippen molar-refractivity contribution in [3.63, 3.8) is 0 Å². The van der Waals surface area contributed by atoms with Crippen LogP contribution in [0.3, 0.4) is 0 Å². The quantitative estimate of drug-likeness (QED) is 0.765. The Morgan fingerprint density at radius 2 is 2.07 bits per heavy atom. The van der Waals surface area contributed by atoms with E-state index in [9.17, 15) is 14.7 Å². The number of rotatable bonds is 7.